The number of nitrogens with two attached hydrogens (primary N) is 1. The summed E-state index contributed by atoms with van der Waals surface area (Å²) in [5.74, 6) is 0. The van der Waals surface area contributed by atoms with Gasteiger partial charge in [0.2, 0.25) is 0 Å². The highest BCUT2D eigenvalue weighted by Gasteiger charge is 2.23. The van der Waals surface area contributed by atoms with Gasteiger partial charge in [-0.25, -0.2) is 0 Å². The van der Waals surface area contributed by atoms with E-state index in [1.165, 1.54) is 0 Å². The van der Waals surface area contributed by atoms with E-state index in [4.69, 9.17) is 5.73 Å². The van der Waals surface area contributed by atoms with Crippen molar-refractivity contribution in [3.8, 4) is 0 Å². The second-order valence-electron chi connectivity index (χ2n) is 4.26. The van der Waals surface area contributed by atoms with E-state index in [1.54, 1.807) is 0 Å². The average Bonchev–Trinajstić information content (AvgIpc) is 1.99. The van der Waals surface area contributed by atoms with E-state index in [1.807, 2.05) is 6.92 Å². The van der Waals surface area contributed by atoms with Crippen molar-refractivity contribution in [3.05, 3.63) is 0 Å². The van der Waals surface area contributed by atoms with Gasteiger partial charge >= 0.3 is 0 Å². The molecule has 4 heteroatoms. The highest BCUT2D eigenvalue weighted by molar-refractivity contribution is 7.03. The largest absolute Gasteiger partial charge is 0.329 e. The third-order valence-electron chi connectivity index (χ3n) is 1.76. The van der Waals surface area contributed by atoms with Crippen LogP contribution in [0.2, 0.25) is 19.6 Å². The van der Waals surface area contributed by atoms with Crippen LogP contribution in [0.4, 0.5) is 0 Å². The lowest BCUT2D eigenvalue weighted by Crippen LogP contribution is -2.34. The van der Waals surface area contributed by atoms with E-state index in [2.05, 4.69) is 24.6 Å². The second-order valence-corrected chi connectivity index (χ2v) is 9.31. The minimum Gasteiger partial charge on any atom is -0.329 e. The third kappa shape index (κ3) is 5.71. The van der Waals surface area contributed by atoms with Crippen LogP contribution in [0.15, 0.2) is 4.99 Å². The minimum absolute atomic E-state index is 0.366. The predicted octanol–water partition coefficient (Wildman–Crippen LogP) is 1.24. The Hall–Kier alpha value is -0.483. The van der Waals surface area contributed by atoms with Gasteiger partial charge in [-0.2, -0.15) is 0 Å². The fraction of sp³-hybridized carbons (Fsp3) is 0.778. The molecule has 0 aromatic carbocycles. The summed E-state index contributed by atoms with van der Waals surface area (Å²) in [4.78, 5) is 15.8. The van der Waals surface area contributed by atoms with Crippen molar-refractivity contribution >= 4 is 19.2 Å². The fourth-order valence-electron chi connectivity index (χ4n) is 0.809. The molecule has 0 aliphatic rings. The van der Waals surface area contributed by atoms with Crippen LogP contribution in [-0.4, -0.2) is 32.3 Å². The SMILES string of the molecule is CC(CC(=O)[Si](C)(C)C)=NCCN. The minimum atomic E-state index is -1.61. The van der Waals surface area contributed by atoms with Gasteiger partial charge in [0.25, 0.3) is 0 Å². The summed E-state index contributed by atoms with van der Waals surface area (Å²) in [6.45, 7) is 9.26. The zero-order valence-electron chi connectivity index (χ0n) is 9.05. The van der Waals surface area contributed by atoms with E-state index < -0.39 is 8.07 Å². The van der Waals surface area contributed by atoms with Crippen molar-refractivity contribution in [2.24, 2.45) is 10.7 Å². The van der Waals surface area contributed by atoms with Gasteiger partial charge in [-0.1, -0.05) is 19.6 Å². The Bertz CT molecular complexity index is 206. The molecular weight excluding hydrogens is 180 g/mol. The summed E-state index contributed by atoms with van der Waals surface area (Å²) >= 11 is 0. The standard InChI is InChI=1S/C9H20N2OSi/c1-8(11-6-5-10)7-9(12)13(2,3)4/h5-7,10H2,1-4H3. The van der Waals surface area contributed by atoms with Crippen molar-refractivity contribution < 1.29 is 4.79 Å². The molecule has 0 saturated carbocycles. The highest BCUT2D eigenvalue weighted by Crippen LogP contribution is 2.05. The fourth-order valence-corrected chi connectivity index (χ4v) is 1.60. The smallest absolute Gasteiger partial charge is 0.124 e. The molecule has 0 heterocycles. The van der Waals surface area contributed by atoms with Crippen LogP contribution < -0.4 is 5.73 Å². The molecule has 0 amide bonds. The van der Waals surface area contributed by atoms with E-state index in [9.17, 15) is 4.79 Å². The van der Waals surface area contributed by atoms with Crippen LogP contribution in [0, 0.1) is 0 Å². The van der Waals surface area contributed by atoms with E-state index >= 15 is 0 Å². The number of hydrogen-bond donors (Lipinski definition) is 1. The van der Waals surface area contributed by atoms with Gasteiger partial charge in [0, 0.05) is 18.7 Å². The Labute approximate surface area is 81.4 Å². The Kier molecular flexibility index (Phi) is 5.09. The van der Waals surface area contributed by atoms with Gasteiger partial charge in [0.1, 0.15) is 13.5 Å². The molecule has 0 fully saturated rings. The lowest BCUT2D eigenvalue weighted by Gasteiger charge is -2.13. The normalized spacial score (nSPS) is 13.2. The lowest BCUT2D eigenvalue weighted by atomic mass is 10.3. The Balaban J connectivity index is 4.07. The monoisotopic (exact) mass is 200 g/mol. The second kappa shape index (κ2) is 5.29. The molecule has 2 N–H and O–H groups in total. The van der Waals surface area contributed by atoms with Crippen molar-refractivity contribution in [2.45, 2.75) is 33.0 Å². The molecule has 0 aliphatic carbocycles. The van der Waals surface area contributed by atoms with E-state index in [0.29, 0.717) is 24.9 Å². The van der Waals surface area contributed by atoms with Gasteiger partial charge < -0.3 is 10.5 Å². The molecule has 0 bridgehead atoms. The molecule has 0 atom stereocenters. The molecule has 0 saturated heterocycles. The van der Waals surface area contributed by atoms with Crippen LogP contribution in [0.3, 0.4) is 0 Å². The van der Waals surface area contributed by atoms with Crippen LogP contribution in [0.25, 0.3) is 0 Å². The molecule has 13 heavy (non-hydrogen) atoms. The molecular formula is C9H20N2OSi. The van der Waals surface area contributed by atoms with Gasteiger partial charge in [0.15, 0.2) is 0 Å². The molecule has 0 rings (SSSR count). The van der Waals surface area contributed by atoms with Gasteiger partial charge in [-0.15, -0.1) is 0 Å². The van der Waals surface area contributed by atoms with Crippen molar-refractivity contribution in [1.29, 1.82) is 0 Å². The average molecular weight is 200 g/mol. The maximum Gasteiger partial charge on any atom is 0.124 e. The Morgan fingerprint density at radius 1 is 1.38 bits per heavy atom. The quantitative estimate of drug-likeness (QED) is 0.536. The first kappa shape index (κ1) is 12.5. The maximum absolute atomic E-state index is 11.6. The van der Waals surface area contributed by atoms with Gasteiger partial charge in [0.05, 0.1) is 6.54 Å². The molecule has 0 aromatic rings. The number of aliphatic imine (C=N–C) groups is 1. The van der Waals surface area contributed by atoms with Crippen LogP contribution >= 0.6 is 0 Å². The van der Waals surface area contributed by atoms with Crippen LogP contribution in [0.5, 0.6) is 0 Å². The number of hydrogen-bond acceptors (Lipinski definition) is 3. The van der Waals surface area contributed by atoms with Crippen molar-refractivity contribution in [3.63, 3.8) is 0 Å². The predicted molar refractivity (Wildman–Crippen MR) is 60.0 cm³/mol. The zero-order valence-corrected chi connectivity index (χ0v) is 10.1. The zero-order chi connectivity index (χ0) is 10.5. The molecule has 3 nitrogen and oxygen atoms in total. The third-order valence-corrected chi connectivity index (χ3v) is 3.61. The molecule has 76 valence electrons. The topological polar surface area (TPSA) is 55.5 Å². The Morgan fingerprint density at radius 3 is 2.31 bits per heavy atom. The number of nitrogens with zero attached hydrogens (tertiary/aromatic N) is 1. The number of carbonyl (C=O) groups is 1. The molecule has 0 radical (unpaired) electrons. The molecule has 0 unspecified atom stereocenters. The molecule has 0 aliphatic heterocycles. The van der Waals surface area contributed by atoms with E-state index in [0.717, 1.165) is 5.71 Å². The molecule has 0 spiro atoms. The molecule has 0 aromatic heterocycles. The van der Waals surface area contributed by atoms with Crippen molar-refractivity contribution in [2.75, 3.05) is 13.1 Å². The number of carbonyl (C=O) groups excluding carboxylic acids is 1. The van der Waals surface area contributed by atoms with E-state index in [-0.39, 0.29) is 0 Å². The summed E-state index contributed by atoms with van der Waals surface area (Å²) in [7, 11) is -1.61. The summed E-state index contributed by atoms with van der Waals surface area (Å²) in [6, 6.07) is 0. The highest BCUT2D eigenvalue weighted by atomic mass is 28.3. The summed E-state index contributed by atoms with van der Waals surface area (Å²) in [5, 5.41) is 0.366. The summed E-state index contributed by atoms with van der Waals surface area (Å²) in [6.07, 6.45) is 0.510. The first-order chi connectivity index (χ1) is 5.88. The van der Waals surface area contributed by atoms with Gasteiger partial charge in [-0.3, -0.25) is 4.99 Å². The van der Waals surface area contributed by atoms with Crippen LogP contribution in [0.1, 0.15) is 13.3 Å². The van der Waals surface area contributed by atoms with Crippen molar-refractivity contribution in [1.82, 2.24) is 0 Å². The van der Waals surface area contributed by atoms with Crippen LogP contribution in [-0.2, 0) is 4.79 Å². The van der Waals surface area contributed by atoms with Gasteiger partial charge in [-0.05, 0) is 6.92 Å². The Morgan fingerprint density at radius 2 is 1.92 bits per heavy atom. The summed E-state index contributed by atoms with van der Waals surface area (Å²) < 4.78 is 0. The summed E-state index contributed by atoms with van der Waals surface area (Å²) in [5.41, 5.74) is 6.22. The lowest BCUT2D eigenvalue weighted by molar-refractivity contribution is -0.111. The maximum atomic E-state index is 11.6. The number of rotatable bonds is 5. The first-order valence-electron chi connectivity index (χ1n) is 4.61. The first-order valence-corrected chi connectivity index (χ1v) is 8.11.